The molecule has 0 aliphatic carbocycles. The van der Waals surface area contributed by atoms with Gasteiger partial charge in [-0.15, -0.1) is 11.3 Å². The summed E-state index contributed by atoms with van der Waals surface area (Å²) in [4.78, 5) is 15.5. The predicted octanol–water partition coefficient (Wildman–Crippen LogP) is 0.934. The van der Waals surface area contributed by atoms with Crippen LogP contribution in [0.1, 0.15) is 13.8 Å². The topological polar surface area (TPSA) is 97.8 Å². The Bertz CT molecular complexity index is 750. The Morgan fingerprint density at radius 3 is 2.80 bits per heavy atom. The third kappa shape index (κ3) is 2.53. The number of fused-ring (bicyclic) bond motifs is 1. The largest absolute Gasteiger partial charge is 0.369 e. The van der Waals surface area contributed by atoms with E-state index in [1.54, 1.807) is 25.4 Å². The van der Waals surface area contributed by atoms with Gasteiger partial charge < -0.3 is 5.73 Å². The number of carbonyl (C=O) groups is 1. The van der Waals surface area contributed by atoms with Crippen LogP contribution in [-0.4, -0.2) is 40.6 Å². The highest BCUT2D eigenvalue weighted by atomic mass is 35.5. The van der Waals surface area contributed by atoms with Gasteiger partial charge in [0.1, 0.15) is 0 Å². The minimum absolute atomic E-state index is 0.119. The maximum absolute atomic E-state index is 12.7. The van der Waals surface area contributed by atoms with Crippen LogP contribution in [0.2, 0.25) is 5.15 Å². The van der Waals surface area contributed by atoms with E-state index < -0.39 is 28.5 Å². The number of nitrogens with two attached hydrogens (primary N) is 1. The zero-order chi connectivity index (χ0) is 15.1. The van der Waals surface area contributed by atoms with Crippen molar-refractivity contribution in [1.82, 2.24) is 13.7 Å². The highest BCUT2D eigenvalue weighted by Crippen LogP contribution is 2.28. The van der Waals surface area contributed by atoms with E-state index in [9.17, 15) is 13.2 Å². The molecule has 2 heterocycles. The van der Waals surface area contributed by atoms with Crippen molar-refractivity contribution in [1.29, 1.82) is 0 Å². The van der Waals surface area contributed by atoms with Crippen LogP contribution in [0.4, 0.5) is 0 Å². The summed E-state index contributed by atoms with van der Waals surface area (Å²) < 4.78 is 27.8. The summed E-state index contributed by atoms with van der Waals surface area (Å²) in [6.07, 6.45) is 1.56. The first-order chi connectivity index (χ1) is 9.25. The van der Waals surface area contributed by atoms with E-state index in [1.165, 1.54) is 15.7 Å². The number of carbonyl (C=O) groups excluding carboxylic acids is 1. The number of halogens is 1. The van der Waals surface area contributed by atoms with Gasteiger partial charge in [0.25, 0.3) is 10.0 Å². The number of sulfonamides is 1. The molecule has 0 radical (unpaired) electrons. The van der Waals surface area contributed by atoms with Gasteiger partial charge in [-0.3, -0.25) is 9.20 Å². The first-order valence-electron chi connectivity index (χ1n) is 5.66. The smallest absolute Gasteiger partial charge is 0.262 e. The van der Waals surface area contributed by atoms with Crippen molar-refractivity contribution in [2.45, 2.75) is 24.9 Å². The summed E-state index contributed by atoms with van der Waals surface area (Å²) in [6.45, 7) is 2.90. The molecule has 7 nitrogen and oxygen atoms in total. The van der Waals surface area contributed by atoms with Crippen molar-refractivity contribution >= 4 is 43.8 Å². The standard InChI is InChI=1S/C10H13ClN4O3S2/c1-6(2)15(5-7(12)16)20(17,18)9-8(11)13-10-14(9)3-4-19-10/h3-4,6H,5H2,1-2H3,(H2,12,16). The lowest BCUT2D eigenvalue weighted by atomic mass is 10.4. The molecular formula is C10H13ClN4O3S2. The van der Waals surface area contributed by atoms with E-state index in [1.807, 2.05) is 0 Å². The van der Waals surface area contributed by atoms with E-state index in [0.717, 1.165) is 4.31 Å². The molecule has 0 unspecified atom stereocenters. The fourth-order valence-corrected chi connectivity index (χ4v) is 4.79. The van der Waals surface area contributed by atoms with Crippen LogP contribution in [-0.2, 0) is 14.8 Å². The quantitative estimate of drug-likeness (QED) is 0.878. The molecule has 20 heavy (non-hydrogen) atoms. The molecule has 0 saturated heterocycles. The van der Waals surface area contributed by atoms with Gasteiger partial charge >= 0.3 is 0 Å². The first-order valence-corrected chi connectivity index (χ1v) is 8.36. The minimum atomic E-state index is -3.97. The Morgan fingerprint density at radius 1 is 1.60 bits per heavy atom. The zero-order valence-corrected chi connectivity index (χ0v) is 13.2. The number of hydrogen-bond donors (Lipinski definition) is 1. The first kappa shape index (κ1) is 15.2. The highest BCUT2D eigenvalue weighted by Gasteiger charge is 2.34. The van der Waals surface area contributed by atoms with Crippen LogP contribution in [0.25, 0.3) is 4.96 Å². The van der Waals surface area contributed by atoms with Gasteiger partial charge in [0.05, 0.1) is 6.54 Å². The molecule has 0 saturated carbocycles. The number of aromatic nitrogens is 2. The molecule has 2 rings (SSSR count). The van der Waals surface area contributed by atoms with Gasteiger partial charge in [-0.05, 0) is 13.8 Å². The number of amides is 1. The summed E-state index contributed by atoms with van der Waals surface area (Å²) in [5.41, 5.74) is 5.11. The van der Waals surface area contributed by atoms with Crippen molar-refractivity contribution in [3.05, 3.63) is 16.7 Å². The van der Waals surface area contributed by atoms with E-state index in [0.29, 0.717) is 4.96 Å². The van der Waals surface area contributed by atoms with E-state index >= 15 is 0 Å². The van der Waals surface area contributed by atoms with Gasteiger partial charge in [-0.1, -0.05) is 11.6 Å². The van der Waals surface area contributed by atoms with Crippen LogP contribution in [0.15, 0.2) is 16.6 Å². The lowest BCUT2D eigenvalue weighted by Crippen LogP contribution is -2.43. The van der Waals surface area contributed by atoms with E-state index in [2.05, 4.69) is 4.98 Å². The predicted molar refractivity (Wildman–Crippen MR) is 76.3 cm³/mol. The monoisotopic (exact) mass is 336 g/mol. The number of primary amides is 1. The van der Waals surface area contributed by atoms with Crippen LogP contribution >= 0.6 is 22.9 Å². The summed E-state index contributed by atoms with van der Waals surface area (Å²) in [7, 11) is -3.97. The fourth-order valence-electron chi connectivity index (χ4n) is 1.78. The number of rotatable bonds is 5. The van der Waals surface area contributed by atoms with Crippen LogP contribution in [0, 0.1) is 0 Å². The molecule has 0 atom stereocenters. The Labute approximate surface area is 125 Å². The van der Waals surface area contributed by atoms with Crippen LogP contribution in [0.3, 0.4) is 0 Å². The van der Waals surface area contributed by atoms with E-state index in [-0.39, 0.29) is 10.2 Å². The van der Waals surface area contributed by atoms with Gasteiger partial charge in [-0.25, -0.2) is 13.4 Å². The number of nitrogens with zero attached hydrogens (tertiary/aromatic N) is 3. The second kappa shape index (κ2) is 5.32. The lowest BCUT2D eigenvalue weighted by Gasteiger charge is -2.24. The van der Waals surface area contributed by atoms with Crippen molar-refractivity contribution in [2.75, 3.05) is 6.54 Å². The minimum Gasteiger partial charge on any atom is -0.369 e. The van der Waals surface area contributed by atoms with Gasteiger partial charge in [0, 0.05) is 17.6 Å². The molecule has 2 aromatic rings. The third-order valence-electron chi connectivity index (χ3n) is 2.62. The molecule has 2 aromatic heterocycles. The average Bonchev–Trinajstić information content (AvgIpc) is 2.83. The maximum atomic E-state index is 12.7. The molecule has 2 N–H and O–H groups in total. The molecule has 0 aliphatic heterocycles. The molecule has 110 valence electrons. The molecule has 0 aromatic carbocycles. The second-order valence-electron chi connectivity index (χ2n) is 4.37. The second-order valence-corrected chi connectivity index (χ2v) is 7.41. The Kier molecular flexibility index (Phi) is 4.05. The summed E-state index contributed by atoms with van der Waals surface area (Å²) in [6, 6.07) is -0.437. The summed E-state index contributed by atoms with van der Waals surface area (Å²) in [5.74, 6) is -0.732. The molecule has 0 spiro atoms. The van der Waals surface area contributed by atoms with Crippen LogP contribution in [0.5, 0.6) is 0 Å². The SMILES string of the molecule is CC(C)N(CC(N)=O)S(=O)(=O)c1c(Cl)nc2sccn12. The Morgan fingerprint density at radius 2 is 2.25 bits per heavy atom. The molecule has 1 amide bonds. The molecule has 10 heteroatoms. The summed E-state index contributed by atoms with van der Waals surface area (Å²) >= 11 is 7.20. The molecule has 0 fully saturated rings. The summed E-state index contributed by atoms with van der Waals surface area (Å²) in [5, 5.41) is 1.43. The highest BCUT2D eigenvalue weighted by molar-refractivity contribution is 7.89. The lowest BCUT2D eigenvalue weighted by molar-refractivity contribution is -0.118. The third-order valence-corrected chi connectivity index (χ3v) is 5.80. The van der Waals surface area contributed by atoms with Gasteiger partial charge in [-0.2, -0.15) is 4.31 Å². The van der Waals surface area contributed by atoms with Gasteiger partial charge in [0.2, 0.25) is 5.91 Å². The number of hydrogen-bond acceptors (Lipinski definition) is 5. The normalized spacial score (nSPS) is 12.7. The fraction of sp³-hybridized carbons (Fsp3) is 0.400. The molecule has 0 aliphatic rings. The van der Waals surface area contributed by atoms with Crippen molar-refractivity contribution in [2.24, 2.45) is 5.73 Å². The van der Waals surface area contributed by atoms with Crippen LogP contribution < -0.4 is 5.73 Å². The van der Waals surface area contributed by atoms with Crippen molar-refractivity contribution < 1.29 is 13.2 Å². The average molecular weight is 337 g/mol. The molecular weight excluding hydrogens is 324 g/mol. The molecule has 0 bridgehead atoms. The van der Waals surface area contributed by atoms with Crippen molar-refractivity contribution in [3.63, 3.8) is 0 Å². The van der Waals surface area contributed by atoms with Gasteiger partial charge in [0.15, 0.2) is 15.1 Å². The maximum Gasteiger partial charge on any atom is 0.262 e. The number of thiazole rings is 1. The van der Waals surface area contributed by atoms with Crippen molar-refractivity contribution in [3.8, 4) is 0 Å². The van der Waals surface area contributed by atoms with E-state index in [4.69, 9.17) is 17.3 Å². The Hall–Kier alpha value is -1.16. The number of imidazole rings is 1. The Balaban J connectivity index is 2.60. The zero-order valence-electron chi connectivity index (χ0n) is 10.8.